The molecule has 0 aliphatic rings. The van der Waals surface area contributed by atoms with Gasteiger partial charge in [-0.05, 0) is 42.0 Å². The number of hydrogen-bond acceptors (Lipinski definition) is 3. The number of hydrogen-bond donors (Lipinski definition) is 0. The van der Waals surface area contributed by atoms with E-state index in [1.165, 1.54) is 6.07 Å². The maximum atomic E-state index is 12.9. The van der Waals surface area contributed by atoms with Crippen LogP contribution in [0.15, 0.2) is 46.9 Å². The first-order valence-corrected chi connectivity index (χ1v) is 8.18. The zero-order valence-corrected chi connectivity index (χ0v) is 14.6. The molecule has 1 heterocycles. The molecule has 0 spiro atoms. The lowest BCUT2D eigenvalue weighted by molar-refractivity contribution is -0.137. The first-order chi connectivity index (χ1) is 12.4. The highest BCUT2D eigenvalue weighted by Crippen LogP contribution is 2.31. The summed E-state index contributed by atoms with van der Waals surface area (Å²) in [6.45, 7) is 0.379. The molecule has 0 unspecified atom stereocenters. The molecule has 1 aromatic heterocycles. The average molecular weight is 382 g/mol. The Morgan fingerprint density at radius 2 is 2.04 bits per heavy atom. The molecule has 2 aromatic carbocycles. The summed E-state index contributed by atoms with van der Waals surface area (Å²) in [5.74, 6) is 0.330. The van der Waals surface area contributed by atoms with Gasteiger partial charge in [-0.15, -0.1) is 0 Å². The summed E-state index contributed by atoms with van der Waals surface area (Å²) >= 11 is 5.96. The third-order valence-corrected chi connectivity index (χ3v) is 3.99. The summed E-state index contributed by atoms with van der Waals surface area (Å²) in [4.78, 5) is 4.40. The maximum absolute atomic E-state index is 12.9. The van der Waals surface area contributed by atoms with E-state index >= 15 is 0 Å². The number of fused-ring (bicyclic) bond motifs is 1. The van der Waals surface area contributed by atoms with Gasteiger partial charge in [0.25, 0.3) is 0 Å². The largest absolute Gasteiger partial charge is 0.436 e. The van der Waals surface area contributed by atoms with Crippen LogP contribution in [0.5, 0.6) is 0 Å². The summed E-state index contributed by atoms with van der Waals surface area (Å²) in [6.07, 6.45) is -2.33. The van der Waals surface area contributed by atoms with Gasteiger partial charge in [0.05, 0.1) is 12.2 Å². The molecular formula is C19H15ClF3NO2. The molecule has 0 fully saturated rings. The molecule has 0 aliphatic heterocycles. The highest BCUT2D eigenvalue weighted by atomic mass is 35.5. The van der Waals surface area contributed by atoms with Gasteiger partial charge in [-0.3, -0.25) is 0 Å². The first-order valence-electron chi connectivity index (χ1n) is 7.80. The van der Waals surface area contributed by atoms with Gasteiger partial charge in [-0.2, -0.15) is 13.2 Å². The molecule has 7 heteroatoms. The number of halogens is 4. The van der Waals surface area contributed by atoms with Crippen LogP contribution in [0, 0.1) is 0 Å². The molecule has 0 radical (unpaired) electrons. The molecule has 26 heavy (non-hydrogen) atoms. The van der Waals surface area contributed by atoms with Crippen LogP contribution in [0.2, 0.25) is 5.02 Å². The van der Waals surface area contributed by atoms with E-state index in [4.69, 9.17) is 20.8 Å². The van der Waals surface area contributed by atoms with Crippen molar-refractivity contribution in [2.75, 3.05) is 13.7 Å². The number of aromatic nitrogens is 1. The van der Waals surface area contributed by atoms with E-state index in [1.807, 2.05) is 0 Å². The van der Waals surface area contributed by atoms with Crippen LogP contribution in [0.4, 0.5) is 13.2 Å². The second kappa shape index (κ2) is 7.51. The molecule has 0 atom stereocenters. The van der Waals surface area contributed by atoms with Crippen LogP contribution in [0.3, 0.4) is 0 Å². The Balaban J connectivity index is 2.03. The van der Waals surface area contributed by atoms with E-state index in [0.29, 0.717) is 46.2 Å². The Labute approximate surface area is 153 Å². The molecule has 3 rings (SSSR count). The number of methoxy groups -OCH3 is 1. The van der Waals surface area contributed by atoms with Gasteiger partial charge in [-0.1, -0.05) is 23.7 Å². The van der Waals surface area contributed by atoms with Crippen molar-refractivity contribution < 1.29 is 22.3 Å². The van der Waals surface area contributed by atoms with Crippen LogP contribution >= 0.6 is 11.6 Å². The lowest BCUT2D eigenvalue weighted by Gasteiger charge is -2.08. The smallest absolute Gasteiger partial charge is 0.416 e. The van der Waals surface area contributed by atoms with Crippen molar-refractivity contribution >= 4 is 34.3 Å². The Kier molecular flexibility index (Phi) is 5.34. The Morgan fingerprint density at radius 1 is 1.23 bits per heavy atom. The van der Waals surface area contributed by atoms with E-state index in [9.17, 15) is 13.2 Å². The zero-order chi connectivity index (χ0) is 18.7. The molecule has 3 nitrogen and oxygen atoms in total. The molecule has 0 N–H and O–H groups in total. The van der Waals surface area contributed by atoms with E-state index in [-0.39, 0.29) is 0 Å². The van der Waals surface area contributed by atoms with Gasteiger partial charge in [0, 0.05) is 24.1 Å². The number of oxazole rings is 1. The number of alkyl halides is 3. The topological polar surface area (TPSA) is 35.3 Å². The first kappa shape index (κ1) is 18.5. The summed E-state index contributed by atoms with van der Waals surface area (Å²) in [5.41, 5.74) is 1.48. The lowest BCUT2D eigenvalue weighted by Crippen LogP contribution is -2.04. The fraction of sp³-hybridized carbons (Fsp3) is 0.211. The number of benzene rings is 2. The molecule has 0 amide bonds. The Hall–Kier alpha value is -2.31. The van der Waals surface area contributed by atoms with Crippen molar-refractivity contribution in [1.29, 1.82) is 0 Å². The predicted octanol–water partition coefficient (Wildman–Crippen LogP) is 6.08. The third kappa shape index (κ3) is 4.26. The van der Waals surface area contributed by atoms with Gasteiger partial charge >= 0.3 is 6.18 Å². The van der Waals surface area contributed by atoms with Gasteiger partial charge in [0.15, 0.2) is 5.58 Å². The van der Waals surface area contributed by atoms with E-state index in [0.717, 1.165) is 12.1 Å². The van der Waals surface area contributed by atoms with Crippen LogP contribution < -0.4 is 0 Å². The van der Waals surface area contributed by atoms with Crippen molar-refractivity contribution in [3.8, 4) is 0 Å². The van der Waals surface area contributed by atoms with E-state index in [2.05, 4.69) is 4.98 Å². The molecule has 0 aliphatic carbocycles. The zero-order valence-electron chi connectivity index (χ0n) is 13.8. The van der Waals surface area contributed by atoms with Crippen LogP contribution in [0.1, 0.15) is 23.4 Å². The average Bonchev–Trinajstić information content (AvgIpc) is 3.01. The van der Waals surface area contributed by atoms with Gasteiger partial charge in [-0.25, -0.2) is 4.98 Å². The summed E-state index contributed by atoms with van der Waals surface area (Å²) in [7, 11) is 1.55. The normalized spacial score (nSPS) is 12.7. The van der Waals surface area contributed by atoms with Crippen molar-refractivity contribution in [2.24, 2.45) is 0 Å². The van der Waals surface area contributed by atoms with Crippen LogP contribution in [-0.4, -0.2) is 18.7 Å². The second-order valence-electron chi connectivity index (χ2n) is 5.67. The second-order valence-corrected chi connectivity index (χ2v) is 6.10. The fourth-order valence-electron chi connectivity index (χ4n) is 2.50. The minimum Gasteiger partial charge on any atom is -0.436 e. The van der Waals surface area contributed by atoms with Gasteiger partial charge < -0.3 is 9.15 Å². The molecule has 0 bridgehead atoms. The van der Waals surface area contributed by atoms with Crippen molar-refractivity contribution in [1.82, 2.24) is 4.98 Å². The van der Waals surface area contributed by atoms with E-state index < -0.39 is 11.7 Å². The quantitative estimate of drug-likeness (QED) is 0.537. The monoisotopic (exact) mass is 381 g/mol. The summed E-state index contributed by atoms with van der Waals surface area (Å²) < 4.78 is 49.6. The van der Waals surface area contributed by atoms with Crippen LogP contribution in [-0.2, 0) is 10.9 Å². The Morgan fingerprint density at radius 3 is 2.77 bits per heavy atom. The molecule has 0 saturated heterocycles. The van der Waals surface area contributed by atoms with Crippen molar-refractivity contribution in [2.45, 2.75) is 12.6 Å². The Bertz CT molecular complexity index is 947. The van der Waals surface area contributed by atoms with Gasteiger partial charge in [0.1, 0.15) is 5.52 Å². The number of ether oxygens (including phenoxy) is 1. The van der Waals surface area contributed by atoms with E-state index in [1.54, 1.807) is 37.5 Å². The van der Waals surface area contributed by atoms with Crippen molar-refractivity contribution in [3.05, 3.63) is 64.5 Å². The molecular weight excluding hydrogens is 367 g/mol. The third-order valence-electron chi connectivity index (χ3n) is 3.75. The summed E-state index contributed by atoms with van der Waals surface area (Å²) in [5, 5.41) is 0.526. The van der Waals surface area contributed by atoms with Crippen LogP contribution in [0.25, 0.3) is 22.7 Å². The SMILES string of the molecule is COCCC(=Cc1cccc(C(F)(F)F)c1)c1nc2cc(Cl)ccc2o1. The maximum Gasteiger partial charge on any atom is 0.416 e. The van der Waals surface area contributed by atoms with Crippen molar-refractivity contribution in [3.63, 3.8) is 0 Å². The lowest BCUT2D eigenvalue weighted by atomic mass is 10.1. The highest BCUT2D eigenvalue weighted by molar-refractivity contribution is 6.31. The molecule has 3 aromatic rings. The number of rotatable bonds is 5. The summed E-state index contributed by atoms with van der Waals surface area (Å²) in [6, 6.07) is 10.1. The predicted molar refractivity (Wildman–Crippen MR) is 94.8 cm³/mol. The molecule has 0 saturated carbocycles. The minimum atomic E-state index is -4.40. The van der Waals surface area contributed by atoms with Gasteiger partial charge in [0.2, 0.25) is 5.89 Å². The number of nitrogens with zero attached hydrogens (tertiary/aromatic N) is 1. The highest BCUT2D eigenvalue weighted by Gasteiger charge is 2.30. The standard InChI is InChI=1S/C19H15ClF3NO2/c1-25-8-7-13(9-12-3-2-4-14(10-12)19(21,22)23)18-24-16-11-15(20)5-6-17(16)26-18/h2-6,9-11H,7-8H2,1H3. The molecule has 136 valence electrons. The fourth-order valence-corrected chi connectivity index (χ4v) is 2.66. The minimum absolute atomic E-state index is 0.330.